The highest BCUT2D eigenvalue weighted by atomic mass is 19.3. The van der Waals surface area contributed by atoms with E-state index in [-0.39, 0.29) is 0 Å². The average molecular weight is 195 g/mol. The van der Waals surface area contributed by atoms with Gasteiger partial charge in [-0.25, -0.2) is 8.78 Å². The van der Waals surface area contributed by atoms with Crippen LogP contribution in [0.4, 0.5) is 26.3 Å². The average Bonchev–Trinajstić information content (AvgIpc) is 1.86. The van der Waals surface area contributed by atoms with Crippen LogP contribution in [0.5, 0.6) is 0 Å². The SMILES string of the molecule is O=C([O-])C(F)(F)C(F)(F)C(F)F. The summed E-state index contributed by atoms with van der Waals surface area (Å²) in [5.41, 5.74) is 0. The van der Waals surface area contributed by atoms with E-state index >= 15 is 0 Å². The van der Waals surface area contributed by atoms with E-state index in [1.807, 2.05) is 0 Å². The normalized spacial score (nSPS) is 13.6. The molecule has 0 atom stereocenters. The largest absolute Gasteiger partial charge is 0.544 e. The highest BCUT2D eigenvalue weighted by Crippen LogP contribution is 2.38. The predicted octanol–water partition coefficient (Wildman–Crippen LogP) is 0.272. The zero-order valence-corrected chi connectivity index (χ0v) is 5.16. The highest BCUT2D eigenvalue weighted by Gasteiger charge is 2.64. The first-order valence-electron chi connectivity index (χ1n) is 2.39. The molecule has 0 aromatic heterocycles. The maximum atomic E-state index is 11.7. The van der Waals surface area contributed by atoms with Crippen molar-refractivity contribution < 1.29 is 36.2 Å². The second-order valence-electron chi connectivity index (χ2n) is 1.79. The van der Waals surface area contributed by atoms with Crippen LogP contribution in [0.2, 0.25) is 0 Å². The second-order valence-corrected chi connectivity index (χ2v) is 1.79. The van der Waals surface area contributed by atoms with Gasteiger partial charge in [0.1, 0.15) is 5.97 Å². The third-order valence-electron chi connectivity index (χ3n) is 0.949. The molecule has 0 rings (SSSR count). The summed E-state index contributed by atoms with van der Waals surface area (Å²) in [6.45, 7) is 0. The molecule has 0 radical (unpaired) electrons. The standard InChI is InChI=1S/C4H2F6O2/c5-1(6)3(7,8)4(9,10)2(11)12/h1H,(H,11,12)/p-1. The van der Waals surface area contributed by atoms with Crippen LogP contribution in [0.3, 0.4) is 0 Å². The fraction of sp³-hybridized carbons (Fsp3) is 0.750. The molecule has 0 spiro atoms. The lowest BCUT2D eigenvalue weighted by atomic mass is 10.2. The quantitative estimate of drug-likeness (QED) is 0.606. The first kappa shape index (κ1) is 11.0. The first-order chi connectivity index (χ1) is 5.14. The monoisotopic (exact) mass is 195 g/mol. The number of carbonyl (C=O) groups excluding carboxylic acids is 1. The summed E-state index contributed by atoms with van der Waals surface area (Å²) >= 11 is 0. The van der Waals surface area contributed by atoms with Gasteiger partial charge in [-0.05, 0) is 0 Å². The molecule has 0 aliphatic rings. The van der Waals surface area contributed by atoms with Gasteiger partial charge in [0.15, 0.2) is 0 Å². The molecule has 8 heteroatoms. The van der Waals surface area contributed by atoms with Crippen LogP contribution in [0.25, 0.3) is 0 Å². The fourth-order valence-electron chi connectivity index (χ4n) is 0.273. The Morgan fingerprint density at radius 3 is 1.58 bits per heavy atom. The molecular weight excluding hydrogens is 194 g/mol. The number of alkyl halides is 6. The molecule has 72 valence electrons. The Bertz CT molecular complexity index is 188. The van der Waals surface area contributed by atoms with Crippen LogP contribution in [-0.2, 0) is 4.79 Å². The summed E-state index contributed by atoms with van der Waals surface area (Å²) in [5.74, 6) is -15.3. The van der Waals surface area contributed by atoms with Gasteiger partial charge in [0.2, 0.25) is 0 Å². The third kappa shape index (κ3) is 1.46. The van der Waals surface area contributed by atoms with Gasteiger partial charge in [0.25, 0.3) is 0 Å². The Morgan fingerprint density at radius 1 is 1.17 bits per heavy atom. The molecular formula is C4HF6O2-. The van der Waals surface area contributed by atoms with Crippen LogP contribution in [0, 0.1) is 0 Å². The smallest absolute Gasteiger partial charge is 0.374 e. The molecule has 0 aromatic carbocycles. The number of rotatable bonds is 3. The van der Waals surface area contributed by atoms with Crippen molar-refractivity contribution in [2.24, 2.45) is 0 Å². The number of halogens is 6. The van der Waals surface area contributed by atoms with Crippen LogP contribution >= 0.6 is 0 Å². The molecule has 0 aromatic rings. The van der Waals surface area contributed by atoms with Gasteiger partial charge in [-0.15, -0.1) is 0 Å². The Kier molecular flexibility index (Phi) is 2.61. The lowest BCUT2D eigenvalue weighted by molar-refractivity contribution is -0.357. The fourth-order valence-corrected chi connectivity index (χ4v) is 0.273. The number of carbonyl (C=O) groups is 1. The third-order valence-corrected chi connectivity index (χ3v) is 0.949. The number of aliphatic carboxylic acids is 1. The van der Waals surface area contributed by atoms with Gasteiger partial charge in [0.05, 0.1) is 0 Å². The number of hydrogen-bond acceptors (Lipinski definition) is 2. The molecule has 0 amide bonds. The van der Waals surface area contributed by atoms with Gasteiger partial charge in [-0.1, -0.05) is 0 Å². The molecule has 0 aliphatic carbocycles. The van der Waals surface area contributed by atoms with Gasteiger partial charge < -0.3 is 9.90 Å². The maximum Gasteiger partial charge on any atom is 0.374 e. The maximum absolute atomic E-state index is 11.7. The summed E-state index contributed by atoms with van der Waals surface area (Å²) in [5, 5.41) is 9.30. The Morgan fingerprint density at radius 2 is 1.50 bits per heavy atom. The molecule has 12 heavy (non-hydrogen) atoms. The highest BCUT2D eigenvalue weighted by molar-refractivity contribution is 5.74. The molecule has 0 fully saturated rings. The minimum absolute atomic E-state index is 3.53. The Balaban J connectivity index is 4.88. The summed E-state index contributed by atoms with van der Waals surface area (Å²) < 4.78 is 69.0. The molecule has 2 nitrogen and oxygen atoms in total. The molecule has 0 N–H and O–H groups in total. The number of hydrogen-bond donors (Lipinski definition) is 0. The van der Waals surface area contributed by atoms with Gasteiger partial charge in [-0.2, -0.15) is 17.6 Å². The van der Waals surface area contributed by atoms with E-state index in [9.17, 15) is 36.2 Å². The first-order valence-corrected chi connectivity index (χ1v) is 2.39. The van der Waals surface area contributed by atoms with Crippen molar-refractivity contribution in [2.45, 2.75) is 18.3 Å². The lowest BCUT2D eigenvalue weighted by Crippen LogP contribution is -2.57. The van der Waals surface area contributed by atoms with Crippen LogP contribution in [0.15, 0.2) is 0 Å². The van der Waals surface area contributed by atoms with Crippen LogP contribution in [0.1, 0.15) is 0 Å². The van der Waals surface area contributed by atoms with Crippen molar-refractivity contribution in [3.8, 4) is 0 Å². The van der Waals surface area contributed by atoms with Crippen molar-refractivity contribution in [2.75, 3.05) is 0 Å². The van der Waals surface area contributed by atoms with E-state index in [0.717, 1.165) is 0 Å². The summed E-state index contributed by atoms with van der Waals surface area (Å²) in [6.07, 6.45) is -4.76. The van der Waals surface area contributed by atoms with Crippen molar-refractivity contribution >= 4 is 5.97 Å². The topological polar surface area (TPSA) is 40.1 Å². The summed E-state index contributed by atoms with van der Waals surface area (Å²) in [7, 11) is 0. The van der Waals surface area contributed by atoms with Gasteiger partial charge >= 0.3 is 18.3 Å². The minimum atomic E-state index is -5.91. The number of carboxylic acid groups (broad SMARTS) is 1. The van der Waals surface area contributed by atoms with Gasteiger partial charge in [-0.3, -0.25) is 0 Å². The van der Waals surface area contributed by atoms with E-state index in [1.54, 1.807) is 0 Å². The molecule has 0 unspecified atom stereocenters. The van der Waals surface area contributed by atoms with Crippen molar-refractivity contribution in [1.82, 2.24) is 0 Å². The van der Waals surface area contributed by atoms with E-state index < -0.39 is 24.2 Å². The van der Waals surface area contributed by atoms with Gasteiger partial charge in [0, 0.05) is 0 Å². The van der Waals surface area contributed by atoms with E-state index in [4.69, 9.17) is 0 Å². The van der Waals surface area contributed by atoms with Crippen LogP contribution < -0.4 is 5.11 Å². The van der Waals surface area contributed by atoms with Crippen molar-refractivity contribution in [3.63, 3.8) is 0 Å². The molecule has 0 bridgehead atoms. The van der Waals surface area contributed by atoms with Crippen molar-refractivity contribution in [1.29, 1.82) is 0 Å². The minimum Gasteiger partial charge on any atom is -0.544 e. The summed E-state index contributed by atoms with van der Waals surface area (Å²) in [4.78, 5) is 9.30. The zero-order valence-electron chi connectivity index (χ0n) is 5.16. The predicted molar refractivity (Wildman–Crippen MR) is 20.9 cm³/mol. The van der Waals surface area contributed by atoms with Crippen LogP contribution in [-0.4, -0.2) is 24.2 Å². The van der Waals surface area contributed by atoms with E-state index in [0.29, 0.717) is 0 Å². The molecule has 0 saturated carbocycles. The zero-order chi connectivity index (χ0) is 10.2. The van der Waals surface area contributed by atoms with Crippen molar-refractivity contribution in [3.05, 3.63) is 0 Å². The second kappa shape index (κ2) is 2.83. The van der Waals surface area contributed by atoms with E-state index in [1.165, 1.54) is 0 Å². The van der Waals surface area contributed by atoms with E-state index in [2.05, 4.69) is 0 Å². The Hall–Kier alpha value is -0.950. The molecule has 0 heterocycles. The lowest BCUT2D eigenvalue weighted by Gasteiger charge is -2.25. The molecule has 0 aliphatic heterocycles. The summed E-state index contributed by atoms with van der Waals surface area (Å²) in [6, 6.07) is 0. The molecule has 0 saturated heterocycles. The number of carboxylic acids is 1. The Labute approximate surface area is 61.8 Å².